The Hall–Kier alpha value is -1.14. The molecule has 0 aromatic carbocycles. The molecule has 0 unspecified atom stereocenters. The molecule has 1 atom stereocenters. The summed E-state index contributed by atoms with van der Waals surface area (Å²) in [4.78, 5) is 6.57. The summed E-state index contributed by atoms with van der Waals surface area (Å²) in [7, 11) is -1.22. The number of rotatable bonds is 6. The number of methoxy groups -OCH3 is 1. The highest BCUT2D eigenvalue weighted by atomic mass is 32.2. The van der Waals surface area contributed by atoms with Gasteiger partial charge in [0, 0.05) is 24.8 Å². The van der Waals surface area contributed by atoms with E-state index < -0.39 is 9.84 Å². The van der Waals surface area contributed by atoms with Gasteiger partial charge in [-0.15, -0.1) is 0 Å². The normalized spacial score (nSPS) is 21.2. The monoisotopic (exact) mass is 298 g/mol. The molecule has 0 amide bonds. The second-order valence-corrected chi connectivity index (χ2v) is 7.44. The fourth-order valence-corrected chi connectivity index (χ4v) is 4.38. The fraction of sp³-hybridized carbons (Fsp3) is 0.643. The van der Waals surface area contributed by atoms with E-state index in [4.69, 9.17) is 4.74 Å². The molecule has 1 aromatic heterocycles. The number of hydrogen-bond acceptors (Lipinski definition) is 5. The van der Waals surface area contributed by atoms with Gasteiger partial charge in [-0.3, -0.25) is 9.88 Å². The number of aromatic nitrogens is 1. The summed E-state index contributed by atoms with van der Waals surface area (Å²) in [6.07, 6.45) is 3.45. The summed E-state index contributed by atoms with van der Waals surface area (Å²) < 4.78 is 28.5. The molecule has 0 N–H and O–H groups in total. The van der Waals surface area contributed by atoms with Crippen molar-refractivity contribution < 1.29 is 13.2 Å². The molecule has 0 saturated carbocycles. The Morgan fingerprint density at radius 1 is 1.50 bits per heavy atom. The van der Waals surface area contributed by atoms with Gasteiger partial charge in [-0.25, -0.2) is 8.42 Å². The van der Waals surface area contributed by atoms with Crippen LogP contribution in [0.2, 0.25) is 0 Å². The van der Waals surface area contributed by atoms with Crippen LogP contribution in [0.15, 0.2) is 18.3 Å². The summed E-state index contributed by atoms with van der Waals surface area (Å²) in [6.45, 7) is 3.67. The van der Waals surface area contributed by atoms with Gasteiger partial charge in [0.05, 0.1) is 24.3 Å². The molecule has 0 spiro atoms. The maximum atomic E-state index is 11.6. The Balaban J connectivity index is 2.09. The summed E-state index contributed by atoms with van der Waals surface area (Å²) in [5.74, 6) is 1.37. The van der Waals surface area contributed by atoms with Crippen molar-refractivity contribution in [3.8, 4) is 5.75 Å². The lowest BCUT2D eigenvalue weighted by atomic mass is 10.2. The van der Waals surface area contributed by atoms with Crippen LogP contribution in [0.4, 0.5) is 0 Å². The first-order valence-electron chi connectivity index (χ1n) is 6.97. The van der Waals surface area contributed by atoms with E-state index in [2.05, 4.69) is 16.8 Å². The maximum absolute atomic E-state index is 11.6. The van der Waals surface area contributed by atoms with Crippen molar-refractivity contribution in [1.29, 1.82) is 0 Å². The van der Waals surface area contributed by atoms with Gasteiger partial charge in [0.2, 0.25) is 0 Å². The van der Waals surface area contributed by atoms with Crippen LogP contribution in [0.3, 0.4) is 0 Å². The summed E-state index contributed by atoms with van der Waals surface area (Å²) in [6, 6.07) is 3.84. The molecule has 6 heteroatoms. The third kappa shape index (κ3) is 3.93. The third-order valence-electron chi connectivity index (χ3n) is 3.62. The lowest BCUT2D eigenvalue weighted by molar-refractivity contribution is 0.201. The van der Waals surface area contributed by atoms with E-state index in [9.17, 15) is 8.42 Å². The smallest absolute Gasteiger partial charge is 0.151 e. The summed E-state index contributed by atoms with van der Waals surface area (Å²) >= 11 is 0. The Labute approximate surface area is 120 Å². The van der Waals surface area contributed by atoms with Gasteiger partial charge in [0.1, 0.15) is 5.75 Å². The van der Waals surface area contributed by atoms with Gasteiger partial charge >= 0.3 is 0 Å². The minimum atomic E-state index is -2.85. The van der Waals surface area contributed by atoms with Crippen molar-refractivity contribution in [2.75, 3.05) is 25.2 Å². The van der Waals surface area contributed by atoms with Gasteiger partial charge in [-0.05, 0) is 25.5 Å². The molecule has 2 rings (SSSR count). The van der Waals surface area contributed by atoms with Crippen LogP contribution < -0.4 is 4.74 Å². The van der Waals surface area contributed by atoms with Crippen LogP contribution in [0.25, 0.3) is 0 Å². The minimum Gasteiger partial charge on any atom is -0.497 e. The molecule has 20 heavy (non-hydrogen) atoms. The van der Waals surface area contributed by atoms with Crippen molar-refractivity contribution in [1.82, 2.24) is 9.88 Å². The van der Waals surface area contributed by atoms with Gasteiger partial charge in [-0.1, -0.05) is 6.92 Å². The van der Waals surface area contributed by atoms with E-state index in [1.165, 1.54) is 0 Å². The van der Waals surface area contributed by atoms with Gasteiger partial charge in [0.15, 0.2) is 9.84 Å². The topological polar surface area (TPSA) is 59.5 Å². The molecule has 1 aliphatic heterocycles. The van der Waals surface area contributed by atoms with Gasteiger partial charge in [0.25, 0.3) is 0 Å². The van der Waals surface area contributed by atoms with Crippen molar-refractivity contribution in [2.24, 2.45) is 0 Å². The lowest BCUT2D eigenvalue weighted by Crippen LogP contribution is -2.36. The predicted octanol–water partition coefficient (Wildman–Crippen LogP) is 1.49. The SMILES string of the molecule is CCCN(Cc1cc(OC)ccn1)[C@@H]1CCS(=O)(=O)C1. The van der Waals surface area contributed by atoms with Crippen LogP contribution in [-0.4, -0.2) is 49.5 Å². The van der Waals surface area contributed by atoms with Crippen molar-refractivity contribution in [3.05, 3.63) is 24.0 Å². The highest BCUT2D eigenvalue weighted by Crippen LogP contribution is 2.21. The van der Waals surface area contributed by atoms with Gasteiger partial charge in [-0.2, -0.15) is 0 Å². The molecule has 5 nitrogen and oxygen atoms in total. The van der Waals surface area contributed by atoms with E-state index >= 15 is 0 Å². The van der Waals surface area contributed by atoms with E-state index in [-0.39, 0.29) is 11.8 Å². The van der Waals surface area contributed by atoms with E-state index in [1.807, 2.05) is 12.1 Å². The largest absolute Gasteiger partial charge is 0.497 e. The zero-order chi connectivity index (χ0) is 14.6. The van der Waals surface area contributed by atoms with Crippen LogP contribution in [0.5, 0.6) is 5.75 Å². The van der Waals surface area contributed by atoms with Gasteiger partial charge < -0.3 is 4.74 Å². The van der Waals surface area contributed by atoms with E-state index in [0.717, 1.165) is 30.8 Å². The molecule has 1 saturated heterocycles. The first kappa shape index (κ1) is 15.3. The highest BCUT2D eigenvalue weighted by molar-refractivity contribution is 7.91. The van der Waals surface area contributed by atoms with Crippen molar-refractivity contribution >= 4 is 9.84 Å². The number of hydrogen-bond donors (Lipinski definition) is 0. The van der Waals surface area contributed by atoms with E-state index in [0.29, 0.717) is 12.3 Å². The average Bonchev–Trinajstić information content (AvgIpc) is 2.79. The molecule has 1 fully saturated rings. The highest BCUT2D eigenvalue weighted by Gasteiger charge is 2.31. The maximum Gasteiger partial charge on any atom is 0.151 e. The Bertz CT molecular complexity index is 545. The molecule has 112 valence electrons. The first-order valence-corrected chi connectivity index (χ1v) is 8.79. The molecular weight excluding hydrogens is 276 g/mol. The van der Waals surface area contributed by atoms with Crippen LogP contribution in [-0.2, 0) is 16.4 Å². The Morgan fingerprint density at radius 3 is 2.90 bits per heavy atom. The number of nitrogens with zero attached hydrogens (tertiary/aromatic N) is 2. The quantitative estimate of drug-likeness (QED) is 0.796. The van der Waals surface area contributed by atoms with E-state index in [1.54, 1.807) is 13.3 Å². The first-order chi connectivity index (χ1) is 9.54. The Morgan fingerprint density at radius 2 is 2.30 bits per heavy atom. The molecule has 0 radical (unpaired) electrons. The standard InChI is InChI=1S/C14H22N2O3S/c1-3-7-16(13-5-8-20(17,18)11-13)10-12-9-14(19-2)4-6-15-12/h4,6,9,13H,3,5,7-8,10-11H2,1-2H3/t13-/m1/s1. The molecule has 2 heterocycles. The third-order valence-corrected chi connectivity index (χ3v) is 5.37. The average molecular weight is 298 g/mol. The molecule has 0 aliphatic carbocycles. The van der Waals surface area contributed by atoms with Crippen LogP contribution >= 0.6 is 0 Å². The summed E-state index contributed by atoms with van der Waals surface area (Å²) in [5, 5.41) is 0. The number of ether oxygens (including phenoxy) is 1. The molecule has 0 bridgehead atoms. The Kier molecular flexibility index (Phi) is 4.99. The van der Waals surface area contributed by atoms with Crippen molar-refractivity contribution in [3.63, 3.8) is 0 Å². The fourth-order valence-electron chi connectivity index (χ4n) is 2.62. The predicted molar refractivity (Wildman–Crippen MR) is 78.5 cm³/mol. The lowest BCUT2D eigenvalue weighted by Gasteiger charge is -2.27. The number of pyridine rings is 1. The van der Waals surface area contributed by atoms with Crippen molar-refractivity contribution in [2.45, 2.75) is 32.4 Å². The molecule has 1 aromatic rings. The molecular formula is C14H22N2O3S. The minimum absolute atomic E-state index is 0.118. The second kappa shape index (κ2) is 6.54. The summed E-state index contributed by atoms with van der Waals surface area (Å²) in [5.41, 5.74) is 0.919. The zero-order valence-corrected chi connectivity index (χ0v) is 12.9. The second-order valence-electron chi connectivity index (χ2n) is 5.21. The number of sulfone groups is 1. The molecule has 1 aliphatic rings. The van der Waals surface area contributed by atoms with Crippen LogP contribution in [0.1, 0.15) is 25.5 Å². The van der Waals surface area contributed by atoms with Crippen LogP contribution in [0, 0.1) is 0 Å². The zero-order valence-electron chi connectivity index (χ0n) is 12.1.